The number of benzene rings is 2. The van der Waals surface area contributed by atoms with E-state index in [9.17, 15) is 4.79 Å². The zero-order chi connectivity index (χ0) is 19.8. The van der Waals surface area contributed by atoms with Crippen LogP contribution in [0.25, 0.3) is 0 Å². The fourth-order valence-corrected chi connectivity index (χ4v) is 2.40. The quantitative estimate of drug-likeness (QED) is 0.541. The lowest BCUT2D eigenvalue weighted by Crippen LogP contribution is -2.34. The van der Waals surface area contributed by atoms with Crippen molar-refractivity contribution in [2.75, 3.05) is 11.9 Å². The summed E-state index contributed by atoms with van der Waals surface area (Å²) < 4.78 is 11.2. The predicted octanol–water partition coefficient (Wildman–Crippen LogP) is 4.56. The maximum atomic E-state index is 12.4. The molecular formula is C21H24N2O3S. The number of amides is 1. The van der Waals surface area contributed by atoms with Gasteiger partial charge in [-0.25, -0.2) is 0 Å². The maximum absolute atomic E-state index is 12.4. The molecule has 2 N–H and O–H groups in total. The number of anilines is 1. The second kappa shape index (κ2) is 9.73. The Balaban J connectivity index is 1.96. The number of ether oxygens (including phenoxy) is 2. The lowest BCUT2D eigenvalue weighted by Gasteiger charge is -2.13. The van der Waals surface area contributed by atoms with Crippen LogP contribution in [-0.2, 0) is 0 Å². The van der Waals surface area contributed by atoms with Crippen molar-refractivity contribution in [1.82, 2.24) is 5.32 Å². The molecule has 0 aromatic heterocycles. The lowest BCUT2D eigenvalue weighted by molar-refractivity contribution is 0.0977. The Morgan fingerprint density at radius 3 is 2.56 bits per heavy atom. The molecule has 2 rings (SSSR count). The molecular weight excluding hydrogens is 360 g/mol. The third kappa shape index (κ3) is 7.11. The molecule has 0 atom stereocenters. The molecule has 27 heavy (non-hydrogen) atoms. The summed E-state index contributed by atoms with van der Waals surface area (Å²) in [7, 11) is 0. The van der Waals surface area contributed by atoms with Crippen LogP contribution in [0.1, 0.15) is 31.1 Å². The summed E-state index contributed by atoms with van der Waals surface area (Å²) in [4.78, 5) is 12.4. The van der Waals surface area contributed by atoms with Gasteiger partial charge in [0.1, 0.15) is 18.1 Å². The molecule has 5 nitrogen and oxygen atoms in total. The molecule has 0 spiro atoms. The Bertz CT molecular complexity index is 834. The highest BCUT2D eigenvalue weighted by molar-refractivity contribution is 7.80. The first-order valence-corrected chi connectivity index (χ1v) is 9.00. The fraction of sp³-hybridized carbons (Fsp3) is 0.238. The largest absolute Gasteiger partial charge is 0.491 e. The average molecular weight is 385 g/mol. The van der Waals surface area contributed by atoms with Crippen LogP contribution < -0.4 is 20.1 Å². The van der Waals surface area contributed by atoms with Gasteiger partial charge >= 0.3 is 0 Å². The van der Waals surface area contributed by atoms with E-state index in [1.807, 2.05) is 45.0 Å². The number of carbonyl (C=O) groups is 1. The number of thiocarbonyl (C=S) groups is 1. The molecule has 0 heterocycles. The Labute approximate surface area is 165 Å². The summed E-state index contributed by atoms with van der Waals surface area (Å²) in [5.41, 5.74) is 2.12. The monoisotopic (exact) mass is 384 g/mol. The first-order chi connectivity index (χ1) is 12.8. The van der Waals surface area contributed by atoms with Gasteiger partial charge in [-0.05, 0) is 68.9 Å². The first-order valence-electron chi connectivity index (χ1n) is 8.60. The maximum Gasteiger partial charge on any atom is 0.257 e. The summed E-state index contributed by atoms with van der Waals surface area (Å²) in [5, 5.41) is 5.85. The van der Waals surface area contributed by atoms with Gasteiger partial charge in [0, 0.05) is 17.3 Å². The number of carbonyl (C=O) groups excluding carboxylic acids is 1. The fourth-order valence-electron chi connectivity index (χ4n) is 2.19. The molecule has 1 amide bonds. The molecule has 2 aromatic carbocycles. The van der Waals surface area contributed by atoms with E-state index < -0.39 is 0 Å². The van der Waals surface area contributed by atoms with E-state index in [0.29, 0.717) is 23.7 Å². The third-order valence-electron chi connectivity index (χ3n) is 3.27. The van der Waals surface area contributed by atoms with Crippen LogP contribution in [0.15, 0.2) is 60.7 Å². The minimum absolute atomic E-state index is 0.0328. The van der Waals surface area contributed by atoms with Crippen LogP contribution in [0, 0.1) is 0 Å². The molecule has 0 radical (unpaired) electrons. The molecule has 0 aliphatic rings. The Morgan fingerprint density at radius 1 is 1.15 bits per heavy atom. The first kappa shape index (κ1) is 20.5. The van der Waals surface area contributed by atoms with Gasteiger partial charge in [0.15, 0.2) is 5.11 Å². The molecule has 0 aliphatic carbocycles. The van der Waals surface area contributed by atoms with Crippen LogP contribution in [0.2, 0.25) is 0 Å². The van der Waals surface area contributed by atoms with Crippen molar-refractivity contribution in [2.45, 2.75) is 26.9 Å². The van der Waals surface area contributed by atoms with Gasteiger partial charge in [-0.2, -0.15) is 0 Å². The summed E-state index contributed by atoms with van der Waals surface area (Å²) >= 11 is 5.24. The summed E-state index contributed by atoms with van der Waals surface area (Å²) in [5.74, 6) is 1.02. The van der Waals surface area contributed by atoms with Crippen LogP contribution in [0.5, 0.6) is 11.5 Å². The highest BCUT2D eigenvalue weighted by Crippen LogP contribution is 2.18. The van der Waals surface area contributed by atoms with Gasteiger partial charge in [-0.1, -0.05) is 18.7 Å². The molecule has 0 aliphatic heterocycles. The summed E-state index contributed by atoms with van der Waals surface area (Å²) in [6.07, 6.45) is 0.0328. The van der Waals surface area contributed by atoms with E-state index in [1.54, 1.807) is 24.3 Å². The minimum Gasteiger partial charge on any atom is -0.491 e. The zero-order valence-corrected chi connectivity index (χ0v) is 16.6. The van der Waals surface area contributed by atoms with E-state index in [4.69, 9.17) is 21.7 Å². The van der Waals surface area contributed by atoms with Crippen molar-refractivity contribution < 1.29 is 14.3 Å². The standard InChI is InChI=1S/C21H24N2O3S/c1-14(2)13-25-18-9-6-8-17(12-18)22-21(27)23-20(24)16-7-5-10-19(11-16)26-15(3)4/h5-12,15H,1,13H2,2-4H3,(H2,22,23,24,27). The van der Waals surface area contributed by atoms with E-state index in [0.717, 1.165) is 11.3 Å². The molecule has 0 bridgehead atoms. The van der Waals surface area contributed by atoms with Crippen LogP contribution in [0.3, 0.4) is 0 Å². The van der Waals surface area contributed by atoms with Gasteiger partial charge in [-0.3, -0.25) is 10.1 Å². The molecule has 0 saturated carbocycles. The van der Waals surface area contributed by atoms with Crippen molar-refractivity contribution >= 4 is 28.9 Å². The minimum atomic E-state index is -0.309. The summed E-state index contributed by atoms with van der Waals surface area (Å²) in [6.45, 7) is 10.0. The van der Waals surface area contributed by atoms with E-state index in [-0.39, 0.29) is 17.1 Å². The van der Waals surface area contributed by atoms with E-state index >= 15 is 0 Å². The Kier molecular flexibility index (Phi) is 7.37. The van der Waals surface area contributed by atoms with Crippen LogP contribution >= 0.6 is 12.2 Å². The Morgan fingerprint density at radius 2 is 1.85 bits per heavy atom. The second-order valence-corrected chi connectivity index (χ2v) is 6.78. The van der Waals surface area contributed by atoms with E-state index in [1.165, 1.54) is 0 Å². The second-order valence-electron chi connectivity index (χ2n) is 6.38. The third-order valence-corrected chi connectivity index (χ3v) is 3.48. The molecule has 0 unspecified atom stereocenters. The normalized spacial score (nSPS) is 10.2. The lowest BCUT2D eigenvalue weighted by atomic mass is 10.2. The molecule has 2 aromatic rings. The smallest absolute Gasteiger partial charge is 0.257 e. The van der Waals surface area contributed by atoms with E-state index in [2.05, 4.69) is 17.2 Å². The Hall–Kier alpha value is -2.86. The molecule has 0 fully saturated rings. The van der Waals surface area contributed by atoms with Gasteiger partial charge in [0.05, 0.1) is 6.10 Å². The number of nitrogens with one attached hydrogen (secondary N) is 2. The number of hydrogen-bond donors (Lipinski definition) is 2. The average Bonchev–Trinajstić information content (AvgIpc) is 2.60. The molecule has 6 heteroatoms. The summed E-state index contributed by atoms with van der Waals surface area (Å²) in [6, 6.07) is 14.3. The van der Waals surface area contributed by atoms with Gasteiger partial charge in [0.25, 0.3) is 5.91 Å². The predicted molar refractivity (Wildman–Crippen MR) is 113 cm³/mol. The van der Waals surface area contributed by atoms with Gasteiger partial charge in [0.2, 0.25) is 0 Å². The highest BCUT2D eigenvalue weighted by atomic mass is 32.1. The van der Waals surface area contributed by atoms with Crippen molar-refractivity contribution in [3.05, 3.63) is 66.2 Å². The number of hydrogen-bond acceptors (Lipinski definition) is 4. The SMILES string of the molecule is C=C(C)COc1cccc(NC(=S)NC(=O)c2cccc(OC(C)C)c2)c1. The van der Waals surface area contributed by atoms with Crippen LogP contribution in [0.4, 0.5) is 5.69 Å². The van der Waals surface area contributed by atoms with Crippen molar-refractivity contribution in [2.24, 2.45) is 0 Å². The highest BCUT2D eigenvalue weighted by Gasteiger charge is 2.10. The van der Waals surface area contributed by atoms with Crippen molar-refractivity contribution in [3.8, 4) is 11.5 Å². The van der Waals surface area contributed by atoms with Crippen molar-refractivity contribution in [3.63, 3.8) is 0 Å². The van der Waals surface area contributed by atoms with Crippen molar-refractivity contribution in [1.29, 1.82) is 0 Å². The topological polar surface area (TPSA) is 59.6 Å². The number of rotatable bonds is 7. The molecule has 0 saturated heterocycles. The van der Waals surface area contributed by atoms with Gasteiger partial charge in [-0.15, -0.1) is 0 Å². The van der Waals surface area contributed by atoms with Gasteiger partial charge < -0.3 is 14.8 Å². The van der Waals surface area contributed by atoms with Crippen LogP contribution in [-0.4, -0.2) is 23.7 Å². The molecule has 142 valence electrons. The zero-order valence-electron chi connectivity index (χ0n) is 15.7.